The summed E-state index contributed by atoms with van der Waals surface area (Å²) in [6, 6.07) is 3.53. The van der Waals surface area contributed by atoms with E-state index in [2.05, 4.69) is 10.3 Å². The number of halogens is 1. The van der Waals surface area contributed by atoms with Crippen LogP contribution < -0.4 is 10.9 Å². The van der Waals surface area contributed by atoms with Crippen LogP contribution in [0.4, 0.5) is 0 Å². The Morgan fingerprint density at radius 1 is 1.35 bits per heavy atom. The van der Waals surface area contributed by atoms with E-state index in [1.165, 1.54) is 0 Å². The Morgan fingerprint density at radius 3 is 2.75 bits per heavy atom. The molecule has 0 bridgehead atoms. The summed E-state index contributed by atoms with van der Waals surface area (Å²) in [4.78, 5) is 16.9. The third-order valence-electron chi connectivity index (χ3n) is 3.99. The van der Waals surface area contributed by atoms with Crippen LogP contribution in [0, 0.1) is 13.8 Å². The van der Waals surface area contributed by atoms with Crippen molar-refractivity contribution in [3.05, 3.63) is 39.9 Å². The Hall–Kier alpha value is -1.43. The lowest BCUT2D eigenvalue weighted by Gasteiger charge is -2.17. The zero-order chi connectivity index (χ0) is 13.6. The molecule has 1 saturated heterocycles. The highest BCUT2D eigenvalue weighted by Crippen LogP contribution is 2.19. The normalized spacial score (nSPS) is 21.9. The van der Waals surface area contributed by atoms with Crippen LogP contribution in [0.3, 0.4) is 0 Å². The molecule has 108 valence electrons. The van der Waals surface area contributed by atoms with Gasteiger partial charge < -0.3 is 10.4 Å². The average Bonchev–Trinajstić information content (AvgIpc) is 2.81. The van der Waals surface area contributed by atoms with E-state index in [0.29, 0.717) is 18.5 Å². The first-order valence-corrected chi connectivity index (χ1v) is 6.45. The lowest BCUT2D eigenvalue weighted by molar-refractivity contribution is 0.149. The number of nitrogens with zero attached hydrogens (tertiary/aromatic N) is 2. The Morgan fingerprint density at radius 2 is 2.10 bits per heavy atom. The molecule has 5 nitrogen and oxygen atoms in total. The fraction of sp³-hybridized carbons (Fsp3) is 0.429. The van der Waals surface area contributed by atoms with Crippen LogP contribution in [0.25, 0.3) is 10.9 Å². The molecule has 0 amide bonds. The van der Waals surface area contributed by atoms with Crippen LogP contribution in [0.15, 0.2) is 23.3 Å². The highest BCUT2D eigenvalue weighted by molar-refractivity contribution is 5.85. The van der Waals surface area contributed by atoms with Crippen LogP contribution in [0.1, 0.15) is 17.2 Å². The minimum atomic E-state index is -0.538. The summed E-state index contributed by atoms with van der Waals surface area (Å²) in [5, 5.41) is 13.6. The van der Waals surface area contributed by atoms with Crippen LogP contribution in [0.5, 0.6) is 0 Å². The number of nitrogens with one attached hydrogen (secondary N) is 1. The third-order valence-corrected chi connectivity index (χ3v) is 3.99. The molecule has 20 heavy (non-hydrogen) atoms. The van der Waals surface area contributed by atoms with Crippen molar-refractivity contribution in [3.63, 3.8) is 0 Å². The smallest absolute Gasteiger partial charge is 0.261 e. The zero-order valence-electron chi connectivity index (χ0n) is 11.5. The number of aryl methyl sites for hydroxylation is 2. The molecule has 0 unspecified atom stereocenters. The van der Waals surface area contributed by atoms with E-state index in [0.717, 1.165) is 16.6 Å². The van der Waals surface area contributed by atoms with Gasteiger partial charge in [-0.1, -0.05) is 6.07 Å². The maximum atomic E-state index is 12.5. The van der Waals surface area contributed by atoms with Crippen molar-refractivity contribution in [2.45, 2.75) is 26.0 Å². The number of aromatic nitrogens is 2. The molecular formula is C14H18ClN3O2. The number of rotatable bonds is 1. The van der Waals surface area contributed by atoms with E-state index in [4.69, 9.17) is 0 Å². The van der Waals surface area contributed by atoms with Gasteiger partial charge in [0.2, 0.25) is 0 Å². The van der Waals surface area contributed by atoms with E-state index in [9.17, 15) is 9.90 Å². The molecule has 2 aromatic rings. The number of β-amino-alcohol motifs (C(OH)–C–C–N with tert-alkyl or cyclic N) is 1. The lowest BCUT2D eigenvalue weighted by atomic mass is 10.1. The maximum absolute atomic E-state index is 12.5. The Balaban J connectivity index is 0.00000147. The summed E-state index contributed by atoms with van der Waals surface area (Å²) < 4.78 is 1.54. The molecule has 2 N–H and O–H groups in total. The minimum Gasteiger partial charge on any atom is -0.390 e. The van der Waals surface area contributed by atoms with Crippen molar-refractivity contribution in [2.24, 2.45) is 0 Å². The van der Waals surface area contributed by atoms with Crippen molar-refractivity contribution in [1.82, 2.24) is 14.9 Å². The molecule has 6 heteroatoms. The zero-order valence-corrected chi connectivity index (χ0v) is 12.3. The van der Waals surface area contributed by atoms with Crippen LogP contribution in [0.2, 0.25) is 0 Å². The van der Waals surface area contributed by atoms with E-state index < -0.39 is 6.10 Å². The summed E-state index contributed by atoms with van der Waals surface area (Å²) in [7, 11) is 0. The van der Waals surface area contributed by atoms with E-state index in [1.807, 2.05) is 26.0 Å². The maximum Gasteiger partial charge on any atom is 0.261 e. The highest BCUT2D eigenvalue weighted by atomic mass is 35.5. The summed E-state index contributed by atoms with van der Waals surface area (Å²) in [6.07, 6.45) is 1.02. The van der Waals surface area contributed by atoms with Gasteiger partial charge in [-0.3, -0.25) is 9.36 Å². The first-order valence-electron chi connectivity index (χ1n) is 6.45. The first-order chi connectivity index (χ1) is 9.09. The Bertz CT molecular complexity index is 699. The van der Waals surface area contributed by atoms with Crippen LogP contribution in [-0.2, 0) is 0 Å². The molecule has 0 aliphatic carbocycles. The predicted octanol–water partition coefficient (Wildman–Crippen LogP) is 0.940. The predicted molar refractivity (Wildman–Crippen MR) is 80.6 cm³/mol. The second kappa shape index (κ2) is 5.52. The number of aliphatic hydroxyl groups excluding tert-OH is 1. The Kier molecular flexibility index (Phi) is 4.13. The van der Waals surface area contributed by atoms with Crippen LogP contribution in [-0.4, -0.2) is 33.9 Å². The lowest BCUT2D eigenvalue weighted by Crippen LogP contribution is -2.32. The van der Waals surface area contributed by atoms with Gasteiger partial charge in [0, 0.05) is 13.1 Å². The van der Waals surface area contributed by atoms with Gasteiger partial charge in [0.25, 0.3) is 5.56 Å². The monoisotopic (exact) mass is 295 g/mol. The van der Waals surface area contributed by atoms with Gasteiger partial charge in [-0.25, -0.2) is 4.98 Å². The third kappa shape index (κ3) is 2.22. The van der Waals surface area contributed by atoms with Gasteiger partial charge in [0.05, 0.1) is 29.4 Å². The molecule has 2 atom stereocenters. The van der Waals surface area contributed by atoms with Crippen molar-refractivity contribution in [3.8, 4) is 0 Å². The number of aliphatic hydroxyl groups is 1. The fourth-order valence-corrected chi connectivity index (χ4v) is 2.62. The minimum absolute atomic E-state index is 0. The molecule has 1 aromatic carbocycles. The number of hydrogen-bond donors (Lipinski definition) is 2. The summed E-state index contributed by atoms with van der Waals surface area (Å²) in [5.74, 6) is 0. The van der Waals surface area contributed by atoms with Gasteiger partial charge in [0.1, 0.15) is 0 Å². The topological polar surface area (TPSA) is 67.2 Å². The summed E-state index contributed by atoms with van der Waals surface area (Å²) in [6.45, 7) is 5.09. The molecule has 0 spiro atoms. The van der Waals surface area contributed by atoms with Crippen molar-refractivity contribution in [1.29, 1.82) is 0 Å². The Labute approximate surface area is 123 Å². The molecule has 1 aliphatic rings. The quantitative estimate of drug-likeness (QED) is 0.822. The second-order valence-corrected chi connectivity index (χ2v) is 5.15. The average molecular weight is 296 g/mol. The summed E-state index contributed by atoms with van der Waals surface area (Å²) in [5.41, 5.74) is 2.83. The first kappa shape index (κ1) is 15.0. The van der Waals surface area contributed by atoms with Crippen molar-refractivity contribution >= 4 is 23.3 Å². The number of benzene rings is 1. The van der Waals surface area contributed by atoms with Gasteiger partial charge in [-0.2, -0.15) is 0 Å². The summed E-state index contributed by atoms with van der Waals surface area (Å²) >= 11 is 0. The molecule has 1 fully saturated rings. The highest BCUT2D eigenvalue weighted by Gasteiger charge is 2.27. The van der Waals surface area contributed by atoms with Gasteiger partial charge in [-0.15, -0.1) is 12.4 Å². The second-order valence-electron chi connectivity index (χ2n) is 5.15. The fourth-order valence-electron chi connectivity index (χ4n) is 2.62. The molecule has 1 aromatic heterocycles. The SMILES string of the molecule is Cc1ccc2c(=O)n([C@@H]3CNC[C@H]3O)cnc2c1C.Cl. The molecule has 1 aliphatic heterocycles. The largest absolute Gasteiger partial charge is 0.390 e. The van der Waals surface area contributed by atoms with Gasteiger partial charge >= 0.3 is 0 Å². The van der Waals surface area contributed by atoms with E-state index >= 15 is 0 Å². The van der Waals surface area contributed by atoms with Crippen LogP contribution >= 0.6 is 12.4 Å². The molecule has 0 saturated carbocycles. The van der Waals surface area contributed by atoms with Gasteiger partial charge in [-0.05, 0) is 31.0 Å². The number of hydrogen-bond acceptors (Lipinski definition) is 4. The van der Waals surface area contributed by atoms with Gasteiger partial charge in [0.15, 0.2) is 0 Å². The van der Waals surface area contributed by atoms with E-state index in [-0.39, 0.29) is 24.0 Å². The molecule has 2 heterocycles. The molecule has 3 rings (SSSR count). The molecule has 0 radical (unpaired) electrons. The standard InChI is InChI=1S/C14H17N3O2.ClH/c1-8-3-4-10-13(9(8)2)16-7-17(14(10)19)11-5-15-6-12(11)18;/h3-4,7,11-12,15,18H,5-6H2,1-2H3;1H/t11-,12-;/m1./s1. The number of fused-ring (bicyclic) bond motifs is 1. The van der Waals surface area contributed by atoms with Crippen molar-refractivity contribution < 1.29 is 5.11 Å². The van der Waals surface area contributed by atoms with E-state index in [1.54, 1.807) is 10.9 Å². The van der Waals surface area contributed by atoms with Crippen molar-refractivity contribution in [2.75, 3.05) is 13.1 Å². The molecular weight excluding hydrogens is 278 g/mol.